The third-order valence-electron chi connectivity index (χ3n) is 3.82. The maximum atomic E-state index is 13.2. The van der Waals surface area contributed by atoms with Crippen molar-refractivity contribution in [3.05, 3.63) is 35.6 Å². The average molecular weight is 331 g/mol. The fraction of sp³-hybridized carbons (Fsp3) is 0.562. The van der Waals surface area contributed by atoms with Crippen LogP contribution in [0.15, 0.2) is 24.3 Å². The van der Waals surface area contributed by atoms with E-state index in [-0.39, 0.29) is 30.2 Å². The number of ether oxygens (including phenoxy) is 1. The van der Waals surface area contributed by atoms with Gasteiger partial charge in [-0.1, -0.05) is 12.1 Å². The molecule has 1 heterocycles. The van der Waals surface area contributed by atoms with Crippen molar-refractivity contribution in [2.24, 2.45) is 0 Å². The SMILES string of the molecule is COCCNCC(=O)N1CCCC1Cc1cccc(F)c1.Cl. The highest BCUT2D eigenvalue weighted by Gasteiger charge is 2.28. The third kappa shape index (κ3) is 5.55. The number of nitrogens with zero attached hydrogens (tertiary/aromatic N) is 1. The molecule has 1 fully saturated rings. The lowest BCUT2D eigenvalue weighted by molar-refractivity contribution is -0.131. The van der Waals surface area contributed by atoms with Crippen LogP contribution in [0, 0.1) is 5.82 Å². The molecule has 1 aromatic carbocycles. The summed E-state index contributed by atoms with van der Waals surface area (Å²) in [5.41, 5.74) is 0.951. The van der Waals surface area contributed by atoms with Crippen molar-refractivity contribution in [1.82, 2.24) is 10.2 Å². The Labute approximate surface area is 137 Å². The fourth-order valence-corrected chi connectivity index (χ4v) is 2.78. The first-order valence-corrected chi connectivity index (χ1v) is 7.44. The molecular formula is C16H24ClFN2O2. The summed E-state index contributed by atoms with van der Waals surface area (Å²) < 4.78 is 18.2. The van der Waals surface area contributed by atoms with Gasteiger partial charge in [0.05, 0.1) is 13.2 Å². The summed E-state index contributed by atoms with van der Waals surface area (Å²) in [5, 5.41) is 3.08. The van der Waals surface area contributed by atoms with Crippen LogP contribution in [0.5, 0.6) is 0 Å². The van der Waals surface area contributed by atoms with Crippen molar-refractivity contribution in [2.75, 3.05) is 33.4 Å². The maximum Gasteiger partial charge on any atom is 0.236 e. The number of rotatable bonds is 7. The van der Waals surface area contributed by atoms with Gasteiger partial charge in [-0.15, -0.1) is 12.4 Å². The van der Waals surface area contributed by atoms with Gasteiger partial charge >= 0.3 is 0 Å². The number of benzene rings is 1. The van der Waals surface area contributed by atoms with E-state index >= 15 is 0 Å². The molecule has 1 atom stereocenters. The first kappa shape index (κ1) is 18.9. The van der Waals surface area contributed by atoms with Crippen molar-refractivity contribution in [2.45, 2.75) is 25.3 Å². The van der Waals surface area contributed by atoms with Crippen molar-refractivity contribution in [1.29, 1.82) is 0 Å². The van der Waals surface area contributed by atoms with Crippen molar-refractivity contribution >= 4 is 18.3 Å². The van der Waals surface area contributed by atoms with E-state index in [0.717, 1.165) is 31.4 Å². The van der Waals surface area contributed by atoms with Crippen LogP contribution in [0.4, 0.5) is 4.39 Å². The largest absolute Gasteiger partial charge is 0.383 e. The topological polar surface area (TPSA) is 41.6 Å². The highest BCUT2D eigenvalue weighted by Crippen LogP contribution is 2.21. The molecular weight excluding hydrogens is 307 g/mol. The first-order chi connectivity index (χ1) is 10.2. The standard InChI is InChI=1S/C16H23FN2O2.ClH/c1-21-9-7-18-12-16(20)19-8-3-6-15(19)11-13-4-2-5-14(17)10-13;/h2,4-5,10,15,18H,3,6-9,11-12H2,1H3;1H. The quantitative estimate of drug-likeness (QED) is 0.778. The minimum Gasteiger partial charge on any atom is -0.383 e. The Morgan fingerprint density at radius 1 is 1.50 bits per heavy atom. The lowest BCUT2D eigenvalue weighted by Gasteiger charge is -2.25. The number of likely N-dealkylation sites (tertiary alicyclic amines) is 1. The monoisotopic (exact) mass is 330 g/mol. The zero-order valence-electron chi connectivity index (χ0n) is 12.9. The summed E-state index contributed by atoms with van der Waals surface area (Å²) in [5.74, 6) is -0.102. The number of amides is 1. The van der Waals surface area contributed by atoms with Gasteiger partial charge in [0.1, 0.15) is 5.82 Å². The van der Waals surface area contributed by atoms with E-state index in [1.807, 2.05) is 11.0 Å². The molecule has 1 N–H and O–H groups in total. The number of nitrogens with one attached hydrogen (secondary N) is 1. The number of hydrogen-bond acceptors (Lipinski definition) is 3. The summed E-state index contributed by atoms with van der Waals surface area (Å²) in [6.45, 7) is 2.40. The molecule has 1 aliphatic heterocycles. The zero-order chi connectivity index (χ0) is 15.1. The number of carbonyl (C=O) groups excluding carboxylic acids is 1. The van der Waals surface area contributed by atoms with Crippen LogP contribution in [-0.4, -0.2) is 50.2 Å². The molecule has 0 aromatic heterocycles. The van der Waals surface area contributed by atoms with E-state index in [1.165, 1.54) is 6.07 Å². The van der Waals surface area contributed by atoms with E-state index < -0.39 is 0 Å². The van der Waals surface area contributed by atoms with E-state index in [2.05, 4.69) is 5.32 Å². The molecule has 1 unspecified atom stereocenters. The molecule has 1 saturated heterocycles. The second kappa shape index (κ2) is 9.77. The maximum absolute atomic E-state index is 13.2. The molecule has 1 aliphatic rings. The summed E-state index contributed by atoms with van der Waals surface area (Å²) >= 11 is 0. The summed E-state index contributed by atoms with van der Waals surface area (Å²) in [4.78, 5) is 14.1. The van der Waals surface area contributed by atoms with Crippen molar-refractivity contribution < 1.29 is 13.9 Å². The molecule has 0 bridgehead atoms. The van der Waals surface area contributed by atoms with Crippen LogP contribution in [0.2, 0.25) is 0 Å². The van der Waals surface area contributed by atoms with Crippen molar-refractivity contribution in [3.63, 3.8) is 0 Å². The van der Waals surface area contributed by atoms with Crippen LogP contribution in [0.3, 0.4) is 0 Å². The Balaban J connectivity index is 0.00000242. The fourth-order valence-electron chi connectivity index (χ4n) is 2.78. The van der Waals surface area contributed by atoms with Crippen LogP contribution in [0.1, 0.15) is 18.4 Å². The predicted octanol–water partition coefficient (Wildman–Crippen LogP) is 2.02. The normalized spacial score (nSPS) is 17.4. The van der Waals surface area contributed by atoms with Gasteiger partial charge in [-0.3, -0.25) is 4.79 Å². The molecule has 4 nitrogen and oxygen atoms in total. The lowest BCUT2D eigenvalue weighted by atomic mass is 10.0. The molecule has 124 valence electrons. The van der Waals surface area contributed by atoms with Crippen LogP contribution < -0.4 is 5.32 Å². The Morgan fingerprint density at radius 3 is 3.05 bits per heavy atom. The van der Waals surface area contributed by atoms with E-state index in [4.69, 9.17) is 4.74 Å². The molecule has 1 amide bonds. The Kier molecular flexibility index (Phi) is 8.38. The molecule has 2 rings (SSSR count). The second-order valence-corrected chi connectivity index (χ2v) is 5.39. The third-order valence-corrected chi connectivity index (χ3v) is 3.82. The van der Waals surface area contributed by atoms with Gasteiger partial charge in [0.2, 0.25) is 5.91 Å². The Morgan fingerprint density at radius 2 is 2.32 bits per heavy atom. The van der Waals surface area contributed by atoms with Crippen LogP contribution >= 0.6 is 12.4 Å². The first-order valence-electron chi connectivity index (χ1n) is 7.44. The highest BCUT2D eigenvalue weighted by molar-refractivity contribution is 5.85. The van der Waals surface area contributed by atoms with Gasteiger partial charge in [0, 0.05) is 26.2 Å². The van der Waals surface area contributed by atoms with Crippen LogP contribution in [0.25, 0.3) is 0 Å². The van der Waals surface area contributed by atoms with Crippen LogP contribution in [-0.2, 0) is 16.0 Å². The molecule has 0 aliphatic carbocycles. The molecule has 6 heteroatoms. The smallest absolute Gasteiger partial charge is 0.236 e. The molecule has 0 spiro atoms. The molecule has 0 saturated carbocycles. The van der Waals surface area contributed by atoms with Gasteiger partial charge < -0.3 is 15.0 Å². The minimum atomic E-state index is -0.218. The Bertz CT molecular complexity index is 473. The number of hydrogen-bond donors (Lipinski definition) is 1. The number of carbonyl (C=O) groups is 1. The molecule has 22 heavy (non-hydrogen) atoms. The summed E-state index contributed by atoms with van der Waals surface area (Å²) in [7, 11) is 1.64. The van der Waals surface area contributed by atoms with E-state index in [1.54, 1.807) is 19.2 Å². The summed E-state index contributed by atoms with van der Waals surface area (Å²) in [6.07, 6.45) is 2.73. The van der Waals surface area contributed by atoms with Crippen molar-refractivity contribution in [3.8, 4) is 0 Å². The predicted molar refractivity (Wildman–Crippen MR) is 86.8 cm³/mol. The van der Waals surface area contributed by atoms with E-state index in [9.17, 15) is 9.18 Å². The number of halogens is 2. The minimum absolute atomic E-state index is 0. The second-order valence-electron chi connectivity index (χ2n) is 5.39. The van der Waals surface area contributed by atoms with Gasteiger partial charge in [-0.2, -0.15) is 0 Å². The highest BCUT2D eigenvalue weighted by atomic mass is 35.5. The van der Waals surface area contributed by atoms with Gasteiger partial charge in [-0.25, -0.2) is 4.39 Å². The Hall–Kier alpha value is -1.17. The zero-order valence-corrected chi connectivity index (χ0v) is 13.7. The number of methoxy groups -OCH3 is 1. The lowest BCUT2D eigenvalue weighted by Crippen LogP contribution is -2.42. The summed E-state index contributed by atoms with van der Waals surface area (Å²) in [6, 6.07) is 6.82. The van der Waals surface area contributed by atoms with E-state index in [0.29, 0.717) is 19.7 Å². The van der Waals surface area contributed by atoms with Gasteiger partial charge in [-0.05, 0) is 37.0 Å². The van der Waals surface area contributed by atoms with Gasteiger partial charge in [0.25, 0.3) is 0 Å². The van der Waals surface area contributed by atoms with Gasteiger partial charge in [0.15, 0.2) is 0 Å². The molecule has 0 radical (unpaired) electrons. The molecule has 1 aromatic rings. The average Bonchev–Trinajstić information content (AvgIpc) is 2.91.